The van der Waals surface area contributed by atoms with E-state index < -0.39 is 0 Å². The third-order valence-corrected chi connectivity index (χ3v) is 5.95. The minimum absolute atomic E-state index is 0.173. The van der Waals surface area contributed by atoms with Crippen LogP contribution in [-0.2, 0) is 12.8 Å². The molecule has 0 radical (unpaired) electrons. The Bertz CT molecular complexity index is 1170. The molecular formula is C26H27NO2. The predicted molar refractivity (Wildman–Crippen MR) is 119 cm³/mol. The molecule has 0 bridgehead atoms. The normalized spacial score (nSPS) is 18.6. The van der Waals surface area contributed by atoms with Crippen molar-refractivity contribution in [1.82, 2.24) is 0 Å². The fourth-order valence-electron chi connectivity index (χ4n) is 4.85. The molecule has 2 aliphatic heterocycles. The first kappa shape index (κ1) is 18.2. The zero-order valence-electron chi connectivity index (χ0n) is 17.8. The van der Waals surface area contributed by atoms with Crippen molar-refractivity contribution in [3.63, 3.8) is 0 Å². The van der Waals surface area contributed by atoms with Crippen LogP contribution >= 0.6 is 0 Å². The molecule has 2 aliphatic rings. The molecule has 0 unspecified atom stereocenters. The van der Waals surface area contributed by atoms with E-state index in [0.29, 0.717) is 0 Å². The van der Waals surface area contributed by atoms with Crippen molar-refractivity contribution in [1.29, 1.82) is 0 Å². The zero-order valence-corrected chi connectivity index (χ0v) is 17.8. The predicted octanol–water partition coefficient (Wildman–Crippen LogP) is 5.73. The van der Waals surface area contributed by atoms with E-state index in [2.05, 4.69) is 76.2 Å². The van der Waals surface area contributed by atoms with Gasteiger partial charge in [0.2, 0.25) is 0 Å². The number of rotatable bonds is 2. The smallest absolute Gasteiger partial charge is 0.166 e. The van der Waals surface area contributed by atoms with Crippen molar-refractivity contribution in [2.75, 3.05) is 7.11 Å². The number of ether oxygens (including phenoxy) is 2. The molecule has 5 rings (SSSR count). The minimum Gasteiger partial charge on any atom is -0.493 e. The monoisotopic (exact) mass is 385 g/mol. The van der Waals surface area contributed by atoms with Crippen molar-refractivity contribution in [3.8, 4) is 11.5 Å². The van der Waals surface area contributed by atoms with Crippen molar-refractivity contribution in [3.05, 3.63) is 70.8 Å². The topological polar surface area (TPSA) is 30.8 Å². The molecule has 0 amide bonds. The van der Waals surface area contributed by atoms with Gasteiger partial charge in [0, 0.05) is 23.1 Å². The summed E-state index contributed by atoms with van der Waals surface area (Å²) in [4.78, 5) is 5.28. The van der Waals surface area contributed by atoms with Crippen molar-refractivity contribution in [2.24, 2.45) is 4.99 Å². The number of hydrogen-bond acceptors (Lipinski definition) is 3. The van der Waals surface area contributed by atoms with Gasteiger partial charge in [0.25, 0.3) is 0 Å². The van der Waals surface area contributed by atoms with Gasteiger partial charge in [0.1, 0.15) is 5.60 Å². The number of benzene rings is 3. The molecule has 3 aromatic carbocycles. The Hall–Kier alpha value is -2.81. The van der Waals surface area contributed by atoms with Gasteiger partial charge in [-0.2, -0.15) is 0 Å². The molecule has 3 nitrogen and oxygen atoms in total. The highest BCUT2D eigenvalue weighted by Gasteiger charge is 2.39. The molecule has 0 aromatic heterocycles. The molecule has 148 valence electrons. The Morgan fingerprint density at radius 3 is 2.52 bits per heavy atom. The summed E-state index contributed by atoms with van der Waals surface area (Å²) in [5, 5.41) is 2.47. The molecule has 0 saturated heterocycles. The quantitative estimate of drug-likeness (QED) is 0.564. The maximum Gasteiger partial charge on any atom is 0.166 e. The fourth-order valence-corrected chi connectivity index (χ4v) is 4.85. The second-order valence-corrected chi connectivity index (χ2v) is 9.44. The number of nitrogens with zero attached hydrogens (tertiary/aromatic N) is 1. The van der Waals surface area contributed by atoms with Gasteiger partial charge in [-0.15, -0.1) is 0 Å². The van der Waals surface area contributed by atoms with E-state index >= 15 is 0 Å². The van der Waals surface area contributed by atoms with Crippen LogP contribution in [0, 0.1) is 0 Å². The van der Waals surface area contributed by atoms with E-state index in [4.69, 9.17) is 14.5 Å². The summed E-state index contributed by atoms with van der Waals surface area (Å²) in [6, 6.07) is 17.2. The molecule has 3 aromatic rings. The fraction of sp³-hybridized carbons (Fsp3) is 0.346. The average Bonchev–Trinajstić information content (AvgIpc) is 3.00. The van der Waals surface area contributed by atoms with Crippen LogP contribution in [0.5, 0.6) is 11.5 Å². The summed E-state index contributed by atoms with van der Waals surface area (Å²) in [5.41, 5.74) is 5.61. The van der Waals surface area contributed by atoms with Crippen LogP contribution in [0.15, 0.2) is 53.5 Å². The van der Waals surface area contributed by atoms with E-state index in [-0.39, 0.29) is 11.1 Å². The lowest BCUT2D eigenvalue weighted by Gasteiger charge is -2.31. The summed E-state index contributed by atoms with van der Waals surface area (Å²) in [6.07, 6.45) is 1.74. The van der Waals surface area contributed by atoms with Crippen LogP contribution in [0.2, 0.25) is 0 Å². The third kappa shape index (κ3) is 2.91. The van der Waals surface area contributed by atoms with Gasteiger partial charge in [0.05, 0.1) is 18.4 Å². The van der Waals surface area contributed by atoms with Gasteiger partial charge in [-0.1, -0.05) is 42.5 Å². The molecule has 0 atom stereocenters. The van der Waals surface area contributed by atoms with E-state index in [1.165, 1.54) is 33.0 Å². The minimum atomic E-state index is -0.248. The lowest BCUT2D eigenvalue weighted by Crippen LogP contribution is -2.30. The maximum absolute atomic E-state index is 6.33. The lowest BCUT2D eigenvalue weighted by molar-refractivity contribution is 0.134. The first-order valence-electron chi connectivity index (χ1n) is 10.3. The first-order chi connectivity index (χ1) is 13.8. The molecule has 0 N–H and O–H groups in total. The van der Waals surface area contributed by atoms with Crippen LogP contribution in [0.25, 0.3) is 10.8 Å². The Balaban J connectivity index is 1.83. The number of hydrogen-bond donors (Lipinski definition) is 0. The second-order valence-electron chi connectivity index (χ2n) is 9.44. The lowest BCUT2D eigenvalue weighted by atomic mass is 9.80. The van der Waals surface area contributed by atoms with Crippen LogP contribution in [0.1, 0.15) is 49.9 Å². The van der Waals surface area contributed by atoms with E-state index in [9.17, 15) is 0 Å². The molecule has 0 spiro atoms. The van der Waals surface area contributed by atoms with Crippen molar-refractivity contribution in [2.45, 2.75) is 51.7 Å². The summed E-state index contributed by atoms with van der Waals surface area (Å²) in [6.45, 7) is 8.70. The summed E-state index contributed by atoms with van der Waals surface area (Å²) < 4.78 is 12.1. The van der Waals surface area contributed by atoms with Gasteiger partial charge in [-0.05, 0) is 56.5 Å². The Labute approximate surface area is 172 Å². The second kappa shape index (κ2) is 6.09. The maximum atomic E-state index is 6.33. The van der Waals surface area contributed by atoms with Gasteiger partial charge in [0.15, 0.2) is 11.5 Å². The number of methoxy groups -OCH3 is 1. The van der Waals surface area contributed by atoms with Crippen LogP contribution in [0.4, 0.5) is 0 Å². The van der Waals surface area contributed by atoms with E-state index in [1.807, 2.05) is 0 Å². The summed E-state index contributed by atoms with van der Waals surface area (Å²) >= 11 is 0. The molecule has 29 heavy (non-hydrogen) atoms. The standard InChI is InChI=1S/C26H27NO2/c1-25(2)14-17-13-21(28-5)24-20(15-26(3,4)29-24)22(17)23(27-25)19-12-8-10-16-9-6-7-11-18(16)19/h6-13H,14-15H2,1-5H3. The molecular weight excluding hydrogens is 358 g/mol. The SMILES string of the molecule is COc1cc2c(c3c1OC(C)(C)C3)C(c1cccc3ccccc13)=NC(C)(C)C2. The summed E-state index contributed by atoms with van der Waals surface area (Å²) in [7, 11) is 1.73. The van der Waals surface area contributed by atoms with Crippen LogP contribution in [0.3, 0.4) is 0 Å². The Morgan fingerprint density at radius 2 is 1.72 bits per heavy atom. The zero-order chi connectivity index (χ0) is 20.4. The van der Waals surface area contributed by atoms with Gasteiger partial charge < -0.3 is 9.47 Å². The largest absolute Gasteiger partial charge is 0.493 e. The van der Waals surface area contributed by atoms with Crippen LogP contribution in [-0.4, -0.2) is 24.0 Å². The summed E-state index contributed by atoms with van der Waals surface area (Å²) in [5.74, 6) is 1.71. The number of fused-ring (bicyclic) bond motifs is 4. The highest BCUT2D eigenvalue weighted by atomic mass is 16.5. The van der Waals surface area contributed by atoms with Gasteiger partial charge in [-0.3, -0.25) is 4.99 Å². The molecule has 3 heteroatoms. The van der Waals surface area contributed by atoms with Crippen molar-refractivity contribution >= 4 is 16.5 Å². The van der Waals surface area contributed by atoms with Gasteiger partial charge >= 0.3 is 0 Å². The average molecular weight is 386 g/mol. The van der Waals surface area contributed by atoms with Crippen LogP contribution < -0.4 is 9.47 Å². The molecule has 0 saturated carbocycles. The highest BCUT2D eigenvalue weighted by Crippen LogP contribution is 2.48. The van der Waals surface area contributed by atoms with E-state index in [1.54, 1.807) is 7.11 Å². The highest BCUT2D eigenvalue weighted by molar-refractivity contribution is 6.21. The third-order valence-electron chi connectivity index (χ3n) is 5.95. The van der Waals surface area contributed by atoms with Gasteiger partial charge in [-0.25, -0.2) is 0 Å². The van der Waals surface area contributed by atoms with E-state index in [0.717, 1.165) is 30.1 Å². The Kier molecular flexibility index (Phi) is 3.83. The number of aliphatic imine (C=N–C) groups is 1. The first-order valence-corrected chi connectivity index (χ1v) is 10.3. The molecule has 2 heterocycles. The van der Waals surface area contributed by atoms with Crippen molar-refractivity contribution < 1.29 is 9.47 Å². The Morgan fingerprint density at radius 1 is 0.966 bits per heavy atom. The molecule has 0 aliphatic carbocycles. The molecule has 0 fully saturated rings.